The number of pyridine rings is 1. The molecule has 34 heavy (non-hydrogen) atoms. The number of amides is 1. The van der Waals surface area contributed by atoms with Crippen LogP contribution in [-0.2, 0) is 4.79 Å². The molecule has 0 bridgehead atoms. The van der Waals surface area contributed by atoms with Crippen LogP contribution in [0.15, 0.2) is 78.2 Å². The first-order valence-corrected chi connectivity index (χ1v) is 12.2. The Morgan fingerprint density at radius 1 is 1.06 bits per heavy atom. The molecule has 0 aliphatic carbocycles. The number of carbonyl (C=O) groups is 1. The van der Waals surface area contributed by atoms with Gasteiger partial charge in [0.05, 0.1) is 12.4 Å². The van der Waals surface area contributed by atoms with Crippen LogP contribution in [0.3, 0.4) is 0 Å². The van der Waals surface area contributed by atoms with E-state index < -0.39 is 0 Å². The van der Waals surface area contributed by atoms with E-state index in [4.69, 9.17) is 4.74 Å². The molecular formula is C26H27N5O2S. The van der Waals surface area contributed by atoms with Gasteiger partial charge in [-0.3, -0.25) is 14.3 Å². The van der Waals surface area contributed by atoms with Gasteiger partial charge in [-0.15, -0.1) is 10.2 Å². The van der Waals surface area contributed by atoms with Crippen molar-refractivity contribution in [1.29, 1.82) is 0 Å². The maximum Gasteiger partial charge on any atom is 0.234 e. The van der Waals surface area contributed by atoms with Crippen molar-refractivity contribution in [2.75, 3.05) is 17.7 Å². The third kappa shape index (κ3) is 5.46. The average molecular weight is 474 g/mol. The summed E-state index contributed by atoms with van der Waals surface area (Å²) >= 11 is 1.34. The van der Waals surface area contributed by atoms with Crippen molar-refractivity contribution in [2.45, 2.75) is 31.8 Å². The number of nitrogens with zero attached hydrogens (tertiary/aromatic N) is 4. The van der Waals surface area contributed by atoms with Gasteiger partial charge in [-0.25, -0.2) is 0 Å². The van der Waals surface area contributed by atoms with Crippen LogP contribution in [0.5, 0.6) is 5.75 Å². The van der Waals surface area contributed by atoms with Crippen molar-refractivity contribution in [3.8, 4) is 22.8 Å². The molecular weight excluding hydrogens is 446 g/mol. The zero-order chi connectivity index (χ0) is 23.9. The second-order valence-electron chi connectivity index (χ2n) is 7.89. The predicted octanol–water partition coefficient (Wildman–Crippen LogP) is 5.58. The number of ether oxygens (including phenoxy) is 1. The summed E-state index contributed by atoms with van der Waals surface area (Å²) in [6.07, 6.45) is 3.47. The van der Waals surface area contributed by atoms with Gasteiger partial charge in [0.2, 0.25) is 5.91 Å². The zero-order valence-electron chi connectivity index (χ0n) is 19.4. The number of rotatable bonds is 9. The topological polar surface area (TPSA) is 81.9 Å². The Kier molecular flexibility index (Phi) is 7.59. The van der Waals surface area contributed by atoms with Gasteiger partial charge in [0.25, 0.3) is 0 Å². The van der Waals surface area contributed by atoms with Gasteiger partial charge in [0.15, 0.2) is 11.0 Å². The molecule has 8 heteroatoms. The Labute approximate surface area is 203 Å². The highest BCUT2D eigenvalue weighted by Crippen LogP contribution is 2.29. The highest BCUT2D eigenvalue weighted by Gasteiger charge is 2.18. The molecule has 0 radical (unpaired) electrons. The van der Waals surface area contributed by atoms with Gasteiger partial charge < -0.3 is 10.1 Å². The molecule has 174 valence electrons. The molecule has 2 aromatic heterocycles. The minimum Gasteiger partial charge on any atom is -0.494 e. The first kappa shape index (κ1) is 23.5. The summed E-state index contributed by atoms with van der Waals surface area (Å²) in [5.74, 6) is 1.87. The Morgan fingerprint density at radius 3 is 2.56 bits per heavy atom. The number of carbonyl (C=O) groups excluding carboxylic acids is 1. The molecule has 0 saturated heterocycles. The molecule has 0 spiro atoms. The summed E-state index contributed by atoms with van der Waals surface area (Å²) in [5, 5.41) is 12.5. The maximum atomic E-state index is 12.8. The van der Waals surface area contributed by atoms with Crippen LogP contribution in [0.4, 0.5) is 5.69 Å². The minimum absolute atomic E-state index is 0.0951. The van der Waals surface area contributed by atoms with Gasteiger partial charge in [-0.1, -0.05) is 43.8 Å². The second-order valence-corrected chi connectivity index (χ2v) is 8.83. The molecule has 7 nitrogen and oxygen atoms in total. The molecule has 1 N–H and O–H groups in total. The summed E-state index contributed by atoms with van der Waals surface area (Å²) < 4.78 is 7.51. The van der Waals surface area contributed by atoms with Crippen molar-refractivity contribution >= 4 is 23.4 Å². The summed E-state index contributed by atoms with van der Waals surface area (Å²) in [6.45, 7) is 6.77. The molecule has 0 aliphatic rings. The van der Waals surface area contributed by atoms with E-state index in [9.17, 15) is 4.79 Å². The summed E-state index contributed by atoms with van der Waals surface area (Å²) in [5.41, 5.74) is 3.66. The number of nitrogens with one attached hydrogen (secondary N) is 1. The number of aromatic nitrogens is 4. The quantitative estimate of drug-likeness (QED) is 0.320. The van der Waals surface area contributed by atoms with Crippen LogP contribution in [-0.4, -0.2) is 38.0 Å². The van der Waals surface area contributed by atoms with E-state index in [1.54, 1.807) is 12.4 Å². The molecule has 2 heterocycles. The molecule has 0 saturated carbocycles. The number of para-hydroxylation sites is 1. The van der Waals surface area contributed by atoms with Crippen LogP contribution in [0, 0.1) is 0 Å². The molecule has 0 aliphatic heterocycles. The van der Waals surface area contributed by atoms with E-state index in [2.05, 4.69) is 34.3 Å². The van der Waals surface area contributed by atoms with E-state index in [-0.39, 0.29) is 11.7 Å². The summed E-state index contributed by atoms with van der Waals surface area (Å²) in [7, 11) is 0. The van der Waals surface area contributed by atoms with E-state index in [1.165, 1.54) is 11.8 Å². The Bertz CT molecular complexity index is 1240. The number of benzene rings is 2. The van der Waals surface area contributed by atoms with Crippen molar-refractivity contribution in [1.82, 2.24) is 19.7 Å². The fourth-order valence-electron chi connectivity index (χ4n) is 3.57. The highest BCUT2D eigenvalue weighted by atomic mass is 32.2. The van der Waals surface area contributed by atoms with Gasteiger partial charge in [-0.2, -0.15) is 0 Å². The molecule has 0 unspecified atom stereocenters. The average Bonchev–Trinajstić information content (AvgIpc) is 3.28. The minimum atomic E-state index is -0.0951. The van der Waals surface area contributed by atoms with Crippen LogP contribution in [0.1, 0.15) is 32.3 Å². The van der Waals surface area contributed by atoms with E-state index in [0.717, 1.165) is 28.3 Å². The Morgan fingerprint density at radius 2 is 1.85 bits per heavy atom. The van der Waals surface area contributed by atoms with Crippen LogP contribution in [0.2, 0.25) is 0 Å². The maximum absolute atomic E-state index is 12.8. The smallest absolute Gasteiger partial charge is 0.234 e. The molecule has 0 fully saturated rings. The Hall–Kier alpha value is -3.65. The van der Waals surface area contributed by atoms with Crippen LogP contribution >= 0.6 is 11.8 Å². The number of thioether (sulfide) groups is 1. The molecule has 0 atom stereocenters. The SMILES string of the molecule is CCOc1ccc(-n2c(SCC(=O)Nc3ccccc3C(C)C)nnc2-c2cccnc2)cc1. The van der Waals surface area contributed by atoms with Crippen molar-refractivity contribution in [3.63, 3.8) is 0 Å². The van der Waals surface area contributed by atoms with Gasteiger partial charge in [-0.05, 0) is 60.9 Å². The zero-order valence-corrected chi connectivity index (χ0v) is 20.2. The first-order chi connectivity index (χ1) is 16.6. The third-order valence-corrected chi connectivity index (χ3v) is 6.08. The van der Waals surface area contributed by atoms with Crippen LogP contribution < -0.4 is 10.1 Å². The van der Waals surface area contributed by atoms with E-state index in [1.807, 2.05) is 72.2 Å². The fraction of sp³-hybridized carbons (Fsp3) is 0.231. The normalized spacial score (nSPS) is 10.9. The first-order valence-electron chi connectivity index (χ1n) is 11.2. The lowest BCUT2D eigenvalue weighted by Gasteiger charge is -2.14. The summed E-state index contributed by atoms with van der Waals surface area (Å²) in [6, 6.07) is 19.4. The largest absolute Gasteiger partial charge is 0.494 e. The fourth-order valence-corrected chi connectivity index (χ4v) is 4.32. The number of hydrogen-bond donors (Lipinski definition) is 1. The van der Waals surface area contributed by atoms with Crippen molar-refractivity contribution in [2.24, 2.45) is 0 Å². The van der Waals surface area contributed by atoms with Crippen molar-refractivity contribution < 1.29 is 9.53 Å². The second kappa shape index (κ2) is 11.0. The lowest BCUT2D eigenvalue weighted by Crippen LogP contribution is -2.16. The van der Waals surface area contributed by atoms with Gasteiger partial charge in [0, 0.05) is 29.3 Å². The van der Waals surface area contributed by atoms with Crippen molar-refractivity contribution in [3.05, 3.63) is 78.6 Å². The standard InChI is InChI=1S/C26H27N5O2S/c1-4-33-21-13-11-20(12-14-21)31-25(19-8-7-15-27-16-19)29-30-26(31)34-17-24(32)28-23-10-6-5-9-22(23)18(2)3/h5-16,18H,4,17H2,1-3H3,(H,28,32). The summed E-state index contributed by atoms with van der Waals surface area (Å²) in [4.78, 5) is 17.0. The lowest BCUT2D eigenvalue weighted by atomic mass is 10.0. The molecule has 2 aromatic carbocycles. The molecule has 4 aromatic rings. The van der Waals surface area contributed by atoms with Gasteiger partial charge >= 0.3 is 0 Å². The van der Waals surface area contributed by atoms with E-state index >= 15 is 0 Å². The number of anilines is 1. The molecule has 1 amide bonds. The van der Waals surface area contributed by atoms with Crippen LogP contribution in [0.25, 0.3) is 17.1 Å². The third-order valence-electron chi connectivity index (χ3n) is 5.15. The highest BCUT2D eigenvalue weighted by molar-refractivity contribution is 7.99. The monoisotopic (exact) mass is 473 g/mol. The Balaban J connectivity index is 1.58. The number of hydrogen-bond acceptors (Lipinski definition) is 6. The van der Waals surface area contributed by atoms with Gasteiger partial charge in [0.1, 0.15) is 5.75 Å². The molecule has 4 rings (SSSR count). The predicted molar refractivity (Wildman–Crippen MR) is 136 cm³/mol. The van der Waals surface area contributed by atoms with E-state index in [0.29, 0.717) is 23.5 Å². The lowest BCUT2D eigenvalue weighted by molar-refractivity contribution is -0.113.